The van der Waals surface area contributed by atoms with Gasteiger partial charge in [-0.1, -0.05) is 0 Å². The van der Waals surface area contributed by atoms with Crippen molar-refractivity contribution in [1.29, 1.82) is 0 Å². The molecule has 0 unspecified atom stereocenters. The van der Waals surface area contributed by atoms with Gasteiger partial charge in [0.1, 0.15) is 0 Å². The van der Waals surface area contributed by atoms with Crippen LogP contribution < -0.4 is 5.32 Å². The number of nitrogens with zero attached hydrogens (tertiary/aromatic N) is 2. The molecule has 21 heavy (non-hydrogen) atoms. The second-order valence-electron chi connectivity index (χ2n) is 5.26. The number of fused-ring (bicyclic) bond motifs is 1. The first-order valence-corrected chi connectivity index (χ1v) is 8.50. The maximum Gasteiger partial charge on any atom is 0.256 e. The van der Waals surface area contributed by atoms with E-state index in [1.165, 1.54) is 0 Å². The van der Waals surface area contributed by atoms with Crippen LogP contribution in [0.25, 0.3) is 0 Å². The Balaban J connectivity index is 1.73. The van der Waals surface area contributed by atoms with Gasteiger partial charge >= 0.3 is 0 Å². The zero-order valence-corrected chi connectivity index (χ0v) is 12.3. The number of rotatable bonds is 3. The van der Waals surface area contributed by atoms with Gasteiger partial charge in [-0.15, -0.1) is 4.40 Å². The molecule has 1 fully saturated rings. The van der Waals surface area contributed by atoms with Crippen molar-refractivity contribution < 1.29 is 17.9 Å². The Morgan fingerprint density at radius 3 is 3.14 bits per heavy atom. The van der Waals surface area contributed by atoms with E-state index in [-0.39, 0.29) is 17.5 Å². The predicted octanol–water partition coefficient (Wildman–Crippen LogP) is -0.363. The summed E-state index contributed by atoms with van der Waals surface area (Å²) in [5, 5.41) is 2.83. The molecule has 1 amide bonds. The van der Waals surface area contributed by atoms with Gasteiger partial charge in [0.2, 0.25) is 0 Å². The monoisotopic (exact) mass is 311 g/mol. The van der Waals surface area contributed by atoms with Crippen molar-refractivity contribution in [3.8, 4) is 0 Å². The molecule has 0 aromatic heterocycles. The standard InChI is InChI=1S/C13H17N3O4S/c17-13(14-8-10-3-6-20-9-10)11-2-1-4-16-5-7-21(18,19)15-12(11)16/h1-2,4,10H,3,5-9H2,(H,14,17)/t10-/m1/s1. The Kier molecular flexibility index (Phi) is 3.81. The van der Waals surface area contributed by atoms with Crippen LogP contribution in [0.1, 0.15) is 6.42 Å². The Morgan fingerprint density at radius 1 is 1.52 bits per heavy atom. The zero-order chi connectivity index (χ0) is 14.9. The van der Waals surface area contributed by atoms with E-state index < -0.39 is 10.0 Å². The summed E-state index contributed by atoms with van der Waals surface area (Å²) < 4.78 is 32.2. The number of allylic oxidation sites excluding steroid dienone is 2. The quantitative estimate of drug-likeness (QED) is 0.769. The molecule has 3 aliphatic rings. The highest BCUT2D eigenvalue weighted by molar-refractivity contribution is 7.90. The van der Waals surface area contributed by atoms with Gasteiger partial charge in [0.25, 0.3) is 15.9 Å². The number of sulfonamides is 1. The number of carbonyl (C=O) groups excluding carboxylic acids is 1. The van der Waals surface area contributed by atoms with Crippen LogP contribution in [0.4, 0.5) is 0 Å². The summed E-state index contributed by atoms with van der Waals surface area (Å²) in [5.74, 6) is 0.202. The topological polar surface area (TPSA) is 88.1 Å². The Morgan fingerprint density at radius 2 is 2.38 bits per heavy atom. The van der Waals surface area contributed by atoms with E-state index in [1.807, 2.05) is 0 Å². The molecule has 0 radical (unpaired) electrons. The summed E-state index contributed by atoms with van der Waals surface area (Å²) >= 11 is 0. The third kappa shape index (κ3) is 3.16. The normalized spacial score (nSPS) is 26.9. The molecule has 7 nitrogen and oxygen atoms in total. The molecule has 0 aliphatic carbocycles. The molecule has 3 aliphatic heterocycles. The Bertz CT molecular complexity index is 630. The smallest absolute Gasteiger partial charge is 0.256 e. The molecule has 0 aromatic rings. The zero-order valence-electron chi connectivity index (χ0n) is 11.5. The van der Waals surface area contributed by atoms with Gasteiger partial charge < -0.3 is 15.0 Å². The third-order valence-electron chi connectivity index (χ3n) is 3.68. The van der Waals surface area contributed by atoms with Crippen molar-refractivity contribution in [3.63, 3.8) is 0 Å². The molecule has 3 heterocycles. The first-order valence-electron chi connectivity index (χ1n) is 6.89. The number of amidine groups is 1. The molecule has 1 atom stereocenters. The first-order chi connectivity index (χ1) is 10.1. The maximum absolute atomic E-state index is 12.3. The summed E-state index contributed by atoms with van der Waals surface area (Å²) in [7, 11) is -3.48. The molecule has 0 bridgehead atoms. The van der Waals surface area contributed by atoms with Crippen LogP contribution in [-0.4, -0.2) is 57.1 Å². The summed E-state index contributed by atoms with van der Waals surface area (Å²) in [4.78, 5) is 14.0. The van der Waals surface area contributed by atoms with Crippen LogP contribution in [-0.2, 0) is 19.6 Å². The van der Waals surface area contributed by atoms with E-state index >= 15 is 0 Å². The molecule has 114 valence electrons. The fourth-order valence-corrected chi connectivity index (χ4v) is 3.46. The minimum atomic E-state index is -3.48. The van der Waals surface area contributed by atoms with Crippen LogP contribution in [0.3, 0.4) is 0 Å². The molecule has 3 rings (SSSR count). The lowest BCUT2D eigenvalue weighted by atomic mass is 10.1. The molecule has 8 heteroatoms. The van der Waals surface area contributed by atoms with Gasteiger partial charge in [-0.2, -0.15) is 0 Å². The number of ether oxygens (including phenoxy) is 1. The molecular weight excluding hydrogens is 294 g/mol. The first kappa shape index (κ1) is 14.3. The summed E-state index contributed by atoms with van der Waals surface area (Å²) in [6.45, 7) is 2.23. The number of carbonyl (C=O) groups is 1. The Hall–Kier alpha value is -1.67. The van der Waals surface area contributed by atoms with Crippen LogP contribution in [0.15, 0.2) is 28.3 Å². The molecule has 1 saturated heterocycles. The fraction of sp³-hybridized carbons (Fsp3) is 0.538. The van der Waals surface area contributed by atoms with Gasteiger partial charge in [0, 0.05) is 31.8 Å². The summed E-state index contributed by atoms with van der Waals surface area (Å²) in [5.41, 5.74) is 0.291. The van der Waals surface area contributed by atoms with E-state index in [0.29, 0.717) is 31.2 Å². The van der Waals surface area contributed by atoms with Crippen molar-refractivity contribution in [1.82, 2.24) is 10.2 Å². The number of amides is 1. The van der Waals surface area contributed by atoms with Gasteiger partial charge in [0.15, 0.2) is 5.84 Å². The highest BCUT2D eigenvalue weighted by atomic mass is 32.2. The second-order valence-corrected chi connectivity index (χ2v) is 7.01. The molecule has 0 aromatic carbocycles. The summed E-state index contributed by atoms with van der Waals surface area (Å²) in [6, 6.07) is 0. The lowest BCUT2D eigenvalue weighted by molar-refractivity contribution is -0.117. The van der Waals surface area contributed by atoms with Crippen LogP contribution in [0.5, 0.6) is 0 Å². The lowest BCUT2D eigenvalue weighted by Crippen LogP contribution is -2.43. The van der Waals surface area contributed by atoms with E-state index in [9.17, 15) is 13.2 Å². The maximum atomic E-state index is 12.3. The SMILES string of the molecule is O=C(NC[C@H]1CCOC1)C1=CC=CN2CCS(=O)(=O)N=C12. The minimum absolute atomic E-state index is 0.0326. The summed E-state index contributed by atoms with van der Waals surface area (Å²) in [6.07, 6.45) is 5.98. The minimum Gasteiger partial charge on any atom is -0.381 e. The average Bonchev–Trinajstić information content (AvgIpc) is 2.96. The molecule has 1 N–H and O–H groups in total. The van der Waals surface area contributed by atoms with E-state index in [2.05, 4.69) is 9.71 Å². The fourth-order valence-electron chi connectivity index (χ4n) is 2.47. The number of hydrogen-bond acceptors (Lipinski definition) is 5. The predicted molar refractivity (Wildman–Crippen MR) is 77.1 cm³/mol. The third-order valence-corrected chi connectivity index (χ3v) is 4.83. The van der Waals surface area contributed by atoms with Crippen LogP contribution in [0.2, 0.25) is 0 Å². The van der Waals surface area contributed by atoms with Crippen LogP contribution in [0, 0.1) is 5.92 Å². The van der Waals surface area contributed by atoms with E-state index in [0.717, 1.165) is 13.0 Å². The van der Waals surface area contributed by atoms with Crippen molar-refractivity contribution in [2.45, 2.75) is 6.42 Å². The molecule has 0 spiro atoms. The highest BCUT2D eigenvalue weighted by Crippen LogP contribution is 2.18. The van der Waals surface area contributed by atoms with Crippen molar-refractivity contribution >= 4 is 21.8 Å². The highest BCUT2D eigenvalue weighted by Gasteiger charge is 2.30. The number of nitrogens with one attached hydrogen (secondary N) is 1. The van der Waals surface area contributed by atoms with Gasteiger partial charge in [-0.25, -0.2) is 8.42 Å². The second kappa shape index (κ2) is 5.61. The van der Waals surface area contributed by atoms with Gasteiger partial charge in [0.05, 0.1) is 17.9 Å². The molecule has 0 saturated carbocycles. The lowest BCUT2D eigenvalue weighted by Gasteiger charge is -2.28. The molecular formula is C13H17N3O4S. The van der Waals surface area contributed by atoms with Crippen molar-refractivity contribution in [3.05, 3.63) is 23.9 Å². The van der Waals surface area contributed by atoms with Crippen molar-refractivity contribution in [2.24, 2.45) is 10.3 Å². The number of hydrogen-bond donors (Lipinski definition) is 1. The largest absolute Gasteiger partial charge is 0.381 e. The Labute approximate surface area is 123 Å². The van der Waals surface area contributed by atoms with Crippen LogP contribution >= 0.6 is 0 Å². The van der Waals surface area contributed by atoms with Gasteiger partial charge in [-0.3, -0.25) is 4.79 Å². The van der Waals surface area contributed by atoms with Gasteiger partial charge in [-0.05, 0) is 18.6 Å². The average molecular weight is 311 g/mol. The van der Waals surface area contributed by atoms with Crippen molar-refractivity contribution in [2.75, 3.05) is 32.1 Å². The van der Waals surface area contributed by atoms with E-state index in [4.69, 9.17) is 4.74 Å². The van der Waals surface area contributed by atoms with E-state index in [1.54, 1.807) is 23.3 Å².